The highest BCUT2D eigenvalue weighted by molar-refractivity contribution is 5.21. The van der Waals surface area contributed by atoms with Crippen LogP contribution in [0.2, 0.25) is 0 Å². The molecule has 1 aromatic heterocycles. The van der Waals surface area contributed by atoms with Crippen LogP contribution >= 0.6 is 0 Å². The third kappa shape index (κ3) is 3.93. The lowest BCUT2D eigenvalue weighted by molar-refractivity contribution is 0.288. The van der Waals surface area contributed by atoms with Gasteiger partial charge in [-0.15, -0.1) is 0 Å². The topological polar surface area (TPSA) is 24.9 Å². The van der Waals surface area contributed by atoms with Crippen molar-refractivity contribution >= 4 is 0 Å². The van der Waals surface area contributed by atoms with E-state index in [1.54, 1.807) is 0 Å². The Balaban J connectivity index is 2.40. The zero-order valence-electron chi connectivity index (χ0n) is 11.2. The van der Waals surface area contributed by atoms with Crippen LogP contribution in [0.4, 0.5) is 0 Å². The van der Waals surface area contributed by atoms with Crippen molar-refractivity contribution in [3.63, 3.8) is 0 Å². The number of nitrogens with one attached hydrogen (secondary N) is 1. The summed E-state index contributed by atoms with van der Waals surface area (Å²) in [5, 5.41) is 3.58. The van der Waals surface area contributed by atoms with Gasteiger partial charge in [-0.05, 0) is 49.4 Å². The first-order valence-electron chi connectivity index (χ1n) is 6.04. The molecule has 2 heteroatoms. The van der Waals surface area contributed by atoms with Gasteiger partial charge >= 0.3 is 0 Å². The van der Waals surface area contributed by atoms with Crippen molar-refractivity contribution in [1.82, 2.24) is 10.3 Å². The van der Waals surface area contributed by atoms with Crippen LogP contribution in [0, 0.1) is 12.3 Å². The summed E-state index contributed by atoms with van der Waals surface area (Å²) in [6.07, 6.45) is 4.88. The smallest absolute Gasteiger partial charge is 0.0299 e. The van der Waals surface area contributed by atoms with Crippen LogP contribution < -0.4 is 5.32 Å². The van der Waals surface area contributed by atoms with Crippen LogP contribution in [0.15, 0.2) is 18.5 Å². The van der Waals surface area contributed by atoms with E-state index in [0.29, 0.717) is 11.5 Å². The molecular weight excluding hydrogens is 196 g/mol. The molecule has 0 aliphatic heterocycles. The van der Waals surface area contributed by atoms with Crippen LogP contribution in [0.5, 0.6) is 0 Å². The molecule has 0 aliphatic rings. The van der Waals surface area contributed by atoms with Crippen molar-refractivity contribution in [2.24, 2.45) is 5.41 Å². The van der Waals surface area contributed by atoms with Gasteiger partial charge in [0.2, 0.25) is 0 Å². The third-order valence-electron chi connectivity index (χ3n) is 3.28. The lowest BCUT2D eigenvalue weighted by Crippen LogP contribution is -2.38. The van der Waals surface area contributed by atoms with Crippen molar-refractivity contribution in [1.29, 1.82) is 0 Å². The molecule has 1 atom stereocenters. The van der Waals surface area contributed by atoms with Gasteiger partial charge in [0.15, 0.2) is 0 Å². The summed E-state index contributed by atoms with van der Waals surface area (Å²) < 4.78 is 0. The fourth-order valence-electron chi connectivity index (χ4n) is 1.51. The van der Waals surface area contributed by atoms with Gasteiger partial charge in [0.1, 0.15) is 0 Å². The highest BCUT2D eigenvalue weighted by Crippen LogP contribution is 2.18. The standard InChI is InChI=1S/C14H24N2/c1-11-10-15-8-6-13(11)7-9-16-12(2)14(3,4)5/h6,8,10,12,16H,7,9H2,1-5H3. The minimum Gasteiger partial charge on any atom is -0.313 e. The predicted octanol–water partition coefficient (Wildman–Crippen LogP) is 2.96. The van der Waals surface area contributed by atoms with Gasteiger partial charge in [-0.1, -0.05) is 20.8 Å². The van der Waals surface area contributed by atoms with Crippen molar-refractivity contribution < 1.29 is 0 Å². The number of aryl methyl sites for hydroxylation is 1. The minimum atomic E-state index is 0.327. The molecule has 0 bridgehead atoms. The van der Waals surface area contributed by atoms with E-state index in [-0.39, 0.29) is 0 Å². The molecule has 0 radical (unpaired) electrons. The zero-order chi connectivity index (χ0) is 12.2. The zero-order valence-corrected chi connectivity index (χ0v) is 11.2. The van der Waals surface area contributed by atoms with Crippen molar-refractivity contribution in [3.05, 3.63) is 29.6 Å². The van der Waals surface area contributed by atoms with E-state index in [9.17, 15) is 0 Å². The number of aromatic nitrogens is 1. The number of rotatable bonds is 4. The highest BCUT2D eigenvalue weighted by atomic mass is 14.9. The van der Waals surface area contributed by atoms with Gasteiger partial charge in [0.25, 0.3) is 0 Å². The van der Waals surface area contributed by atoms with Crippen LogP contribution in [0.25, 0.3) is 0 Å². The molecule has 0 saturated carbocycles. The molecule has 1 N–H and O–H groups in total. The molecule has 1 aromatic rings. The summed E-state index contributed by atoms with van der Waals surface area (Å²) in [7, 11) is 0. The minimum absolute atomic E-state index is 0.327. The van der Waals surface area contributed by atoms with Crippen LogP contribution in [-0.4, -0.2) is 17.6 Å². The van der Waals surface area contributed by atoms with E-state index in [1.807, 2.05) is 12.4 Å². The molecular formula is C14H24N2. The maximum atomic E-state index is 4.11. The van der Waals surface area contributed by atoms with Gasteiger partial charge in [-0.3, -0.25) is 4.98 Å². The molecule has 90 valence electrons. The van der Waals surface area contributed by atoms with Crippen LogP contribution in [0.1, 0.15) is 38.8 Å². The molecule has 1 rings (SSSR count). The number of hydrogen-bond donors (Lipinski definition) is 1. The second kappa shape index (κ2) is 5.44. The second-order valence-corrected chi connectivity index (χ2v) is 5.59. The highest BCUT2D eigenvalue weighted by Gasteiger charge is 2.18. The van der Waals surface area contributed by atoms with E-state index < -0.39 is 0 Å². The summed E-state index contributed by atoms with van der Waals surface area (Å²) in [4.78, 5) is 4.11. The summed E-state index contributed by atoms with van der Waals surface area (Å²) in [6.45, 7) is 12.2. The first kappa shape index (κ1) is 13.2. The normalized spacial score (nSPS) is 13.8. The summed E-state index contributed by atoms with van der Waals surface area (Å²) in [5.41, 5.74) is 3.00. The maximum absolute atomic E-state index is 4.11. The average molecular weight is 220 g/mol. The Morgan fingerprint density at radius 2 is 2.06 bits per heavy atom. The lowest BCUT2D eigenvalue weighted by Gasteiger charge is -2.28. The molecule has 16 heavy (non-hydrogen) atoms. The van der Waals surface area contributed by atoms with Gasteiger partial charge in [0.05, 0.1) is 0 Å². The quantitative estimate of drug-likeness (QED) is 0.844. The fraction of sp³-hybridized carbons (Fsp3) is 0.643. The van der Waals surface area contributed by atoms with E-state index >= 15 is 0 Å². The molecule has 1 heterocycles. The molecule has 0 aliphatic carbocycles. The van der Waals surface area contributed by atoms with E-state index in [2.05, 4.69) is 51.0 Å². The van der Waals surface area contributed by atoms with Crippen molar-refractivity contribution in [2.45, 2.75) is 47.1 Å². The monoisotopic (exact) mass is 220 g/mol. The number of hydrogen-bond acceptors (Lipinski definition) is 2. The van der Waals surface area contributed by atoms with E-state index in [4.69, 9.17) is 0 Å². The summed E-state index contributed by atoms with van der Waals surface area (Å²) >= 11 is 0. The maximum Gasteiger partial charge on any atom is 0.0299 e. The van der Waals surface area contributed by atoms with Crippen LogP contribution in [0.3, 0.4) is 0 Å². The van der Waals surface area contributed by atoms with Gasteiger partial charge in [-0.2, -0.15) is 0 Å². The summed E-state index contributed by atoms with van der Waals surface area (Å²) in [5.74, 6) is 0. The molecule has 0 fully saturated rings. The Morgan fingerprint density at radius 1 is 1.38 bits per heavy atom. The summed E-state index contributed by atoms with van der Waals surface area (Å²) in [6, 6.07) is 2.65. The molecule has 0 aromatic carbocycles. The van der Waals surface area contributed by atoms with Crippen molar-refractivity contribution in [3.8, 4) is 0 Å². The van der Waals surface area contributed by atoms with Crippen molar-refractivity contribution in [2.75, 3.05) is 6.54 Å². The Kier molecular flexibility index (Phi) is 4.48. The lowest BCUT2D eigenvalue weighted by atomic mass is 9.88. The van der Waals surface area contributed by atoms with Crippen LogP contribution in [-0.2, 0) is 6.42 Å². The number of nitrogens with zero attached hydrogens (tertiary/aromatic N) is 1. The van der Waals surface area contributed by atoms with E-state index in [1.165, 1.54) is 11.1 Å². The molecule has 1 unspecified atom stereocenters. The largest absolute Gasteiger partial charge is 0.313 e. The predicted molar refractivity (Wildman–Crippen MR) is 69.6 cm³/mol. The van der Waals surface area contributed by atoms with Gasteiger partial charge < -0.3 is 5.32 Å². The average Bonchev–Trinajstić information content (AvgIpc) is 2.19. The molecule has 0 saturated heterocycles. The molecule has 0 amide bonds. The Morgan fingerprint density at radius 3 is 2.62 bits per heavy atom. The third-order valence-corrected chi connectivity index (χ3v) is 3.28. The Labute approximate surface area is 99.5 Å². The van der Waals surface area contributed by atoms with E-state index in [0.717, 1.165) is 13.0 Å². The fourth-order valence-corrected chi connectivity index (χ4v) is 1.51. The first-order valence-corrected chi connectivity index (χ1v) is 6.04. The molecule has 2 nitrogen and oxygen atoms in total. The molecule has 0 spiro atoms. The number of pyridine rings is 1. The Bertz CT molecular complexity index is 326. The van der Waals surface area contributed by atoms with Gasteiger partial charge in [-0.25, -0.2) is 0 Å². The second-order valence-electron chi connectivity index (χ2n) is 5.59. The van der Waals surface area contributed by atoms with Gasteiger partial charge in [0, 0.05) is 18.4 Å². The Hall–Kier alpha value is -0.890. The first-order chi connectivity index (χ1) is 7.41. The SMILES string of the molecule is Cc1cnccc1CCNC(C)C(C)(C)C.